The summed E-state index contributed by atoms with van der Waals surface area (Å²) >= 11 is 3.41. The second-order valence-electron chi connectivity index (χ2n) is 5.82. The van der Waals surface area contributed by atoms with Crippen LogP contribution in [0.5, 0.6) is 5.75 Å². The van der Waals surface area contributed by atoms with Crippen molar-refractivity contribution in [2.45, 2.75) is 12.5 Å². The molecule has 1 aromatic rings. The molecule has 0 aromatic heterocycles. The number of hydrogen-bond donors (Lipinski definition) is 1. The SMILES string of the molecule is COc1cc(Br)ccc1C(=O)N1CCN(C2CCNC2)CC1.Cl. The molecule has 0 aliphatic carbocycles. The molecule has 0 spiro atoms. The second kappa shape index (κ2) is 8.33. The van der Waals surface area contributed by atoms with E-state index in [2.05, 4.69) is 26.1 Å². The van der Waals surface area contributed by atoms with E-state index < -0.39 is 0 Å². The first-order chi connectivity index (χ1) is 10.7. The maximum absolute atomic E-state index is 12.7. The highest BCUT2D eigenvalue weighted by Crippen LogP contribution is 2.25. The van der Waals surface area contributed by atoms with E-state index in [4.69, 9.17) is 4.74 Å². The number of nitrogens with one attached hydrogen (secondary N) is 1. The summed E-state index contributed by atoms with van der Waals surface area (Å²) < 4.78 is 6.26. The molecule has 2 saturated heterocycles. The first kappa shape index (κ1) is 18.5. The van der Waals surface area contributed by atoms with E-state index in [1.807, 2.05) is 23.1 Å². The fourth-order valence-corrected chi connectivity index (χ4v) is 3.59. The van der Waals surface area contributed by atoms with Crippen LogP contribution in [-0.4, -0.2) is 68.1 Å². The van der Waals surface area contributed by atoms with Crippen molar-refractivity contribution in [1.29, 1.82) is 0 Å². The van der Waals surface area contributed by atoms with E-state index in [9.17, 15) is 4.79 Å². The van der Waals surface area contributed by atoms with Gasteiger partial charge in [0.25, 0.3) is 5.91 Å². The Bertz CT molecular complexity index is 544. The summed E-state index contributed by atoms with van der Waals surface area (Å²) in [5.41, 5.74) is 0.640. The highest BCUT2D eigenvalue weighted by molar-refractivity contribution is 9.10. The Morgan fingerprint density at radius 3 is 2.65 bits per heavy atom. The maximum Gasteiger partial charge on any atom is 0.257 e. The summed E-state index contributed by atoms with van der Waals surface area (Å²) in [6.45, 7) is 5.67. The number of halogens is 2. The fourth-order valence-electron chi connectivity index (χ4n) is 3.25. The van der Waals surface area contributed by atoms with E-state index in [0.717, 1.165) is 43.7 Å². The van der Waals surface area contributed by atoms with Crippen LogP contribution in [0.4, 0.5) is 0 Å². The second-order valence-corrected chi connectivity index (χ2v) is 6.74. The zero-order valence-electron chi connectivity index (χ0n) is 13.3. The molecule has 1 N–H and O–H groups in total. The predicted molar refractivity (Wildman–Crippen MR) is 96.7 cm³/mol. The molecule has 0 saturated carbocycles. The quantitative estimate of drug-likeness (QED) is 0.837. The Morgan fingerprint density at radius 2 is 2.04 bits per heavy atom. The Kier molecular flexibility index (Phi) is 6.71. The summed E-state index contributed by atoms with van der Waals surface area (Å²) in [4.78, 5) is 17.2. The summed E-state index contributed by atoms with van der Waals surface area (Å²) in [7, 11) is 1.60. The first-order valence-electron chi connectivity index (χ1n) is 7.76. The van der Waals surface area contributed by atoms with Crippen LogP contribution in [0.2, 0.25) is 0 Å². The van der Waals surface area contributed by atoms with Crippen molar-refractivity contribution >= 4 is 34.2 Å². The number of methoxy groups -OCH3 is 1. The van der Waals surface area contributed by atoms with E-state index in [1.54, 1.807) is 7.11 Å². The number of nitrogens with zero attached hydrogens (tertiary/aromatic N) is 2. The van der Waals surface area contributed by atoms with Gasteiger partial charge in [0.2, 0.25) is 0 Å². The predicted octanol–water partition coefficient (Wildman–Crippen LogP) is 2.00. The number of carbonyl (C=O) groups is 1. The van der Waals surface area contributed by atoms with E-state index in [0.29, 0.717) is 17.4 Å². The van der Waals surface area contributed by atoms with Gasteiger partial charge in [-0.25, -0.2) is 0 Å². The Balaban J connectivity index is 0.00000192. The largest absolute Gasteiger partial charge is 0.496 e. The molecule has 7 heteroatoms. The minimum absolute atomic E-state index is 0. The van der Waals surface area contributed by atoms with Gasteiger partial charge in [0.1, 0.15) is 5.75 Å². The molecule has 5 nitrogen and oxygen atoms in total. The lowest BCUT2D eigenvalue weighted by molar-refractivity contribution is 0.0581. The molecule has 3 rings (SSSR count). The van der Waals surface area contributed by atoms with E-state index >= 15 is 0 Å². The molecule has 2 heterocycles. The molecule has 128 valence electrons. The van der Waals surface area contributed by atoms with Gasteiger partial charge in [0.05, 0.1) is 12.7 Å². The number of benzene rings is 1. The minimum Gasteiger partial charge on any atom is -0.496 e. The maximum atomic E-state index is 12.7. The minimum atomic E-state index is 0. The van der Waals surface area contributed by atoms with Crippen LogP contribution >= 0.6 is 28.3 Å². The Labute approximate surface area is 151 Å². The van der Waals surface area contributed by atoms with Crippen LogP contribution in [-0.2, 0) is 0 Å². The van der Waals surface area contributed by atoms with Gasteiger partial charge in [0, 0.05) is 43.2 Å². The van der Waals surface area contributed by atoms with Gasteiger partial charge >= 0.3 is 0 Å². The zero-order valence-corrected chi connectivity index (χ0v) is 15.7. The van der Waals surface area contributed by atoms with Crippen LogP contribution in [0.15, 0.2) is 22.7 Å². The number of hydrogen-bond acceptors (Lipinski definition) is 4. The number of amides is 1. The molecule has 1 unspecified atom stereocenters. The Morgan fingerprint density at radius 1 is 1.30 bits per heavy atom. The van der Waals surface area contributed by atoms with Crippen molar-refractivity contribution in [3.8, 4) is 5.75 Å². The molecule has 1 amide bonds. The van der Waals surface area contributed by atoms with E-state index in [1.165, 1.54) is 6.42 Å². The van der Waals surface area contributed by atoms with Crippen LogP contribution in [0.1, 0.15) is 16.8 Å². The molecule has 2 aliphatic heterocycles. The average Bonchev–Trinajstić information content (AvgIpc) is 3.08. The third-order valence-electron chi connectivity index (χ3n) is 4.55. The van der Waals surface area contributed by atoms with Crippen LogP contribution in [0, 0.1) is 0 Å². The molecular weight excluding hydrogens is 382 g/mol. The summed E-state index contributed by atoms with van der Waals surface area (Å²) in [6, 6.07) is 6.20. The van der Waals surface area contributed by atoms with Crippen LogP contribution < -0.4 is 10.1 Å². The summed E-state index contributed by atoms with van der Waals surface area (Å²) in [6.07, 6.45) is 1.22. The summed E-state index contributed by atoms with van der Waals surface area (Å²) in [5.74, 6) is 0.690. The third-order valence-corrected chi connectivity index (χ3v) is 5.04. The zero-order chi connectivity index (χ0) is 15.5. The van der Waals surface area contributed by atoms with Crippen molar-refractivity contribution in [2.24, 2.45) is 0 Å². The van der Waals surface area contributed by atoms with Crippen molar-refractivity contribution < 1.29 is 9.53 Å². The molecule has 2 fully saturated rings. The van der Waals surface area contributed by atoms with Crippen LogP contribution in [0.25, 0.3) is 0 Å². The standard InChI is InChI=1S/C16H22BrN3O2.ClH/c1-22-15-10-12(17)2-3-14(15)16(21)20-8-6-19(7-9-20)13-4-5-18-11-13;/h2-3,10,13,18H,4-9,11H2,1H3;1H. The molecule has 2 aliphatic rings. The smallest absolute Gasteiger partial charge is 0.257 e. The van der Waals surface area contributed by atoms with Gasteiger partial charge in [0.15, 0.2) is 0 Å². The molecule has 0 radical (unpaired) electrons. The monoisotopic (exact) mass is 403 g/mol. The lowest BCUT2D eigenvalue weighted by atomic mass is 10.1. The molecule has 0 bridgehead atoms. The van der Waals surface area contributed by atoms with Crippen molar-refractivity contribution in [1.82, 2.24) is 15.1 Å². The summed E-state index contributed by atoms with van der Waals surface area (Å²) in [5, 5.41) is 3.41. The highest BCUT2D eigenvalue weighted by atomic mass is 79.9. The normalized spacial score (nSPS) is 21.8. The van der Waals surface area contributed by atoms with Crippen LogP contribution in [0.3, 0.4) is 0 Å². The van der Waals surface area contributed by atoms with Gasteiger partial charge in [-0.05, 0) is 31.2 Å². The Hall–Kier alpha value is -0.820. The number of carbonyl (C=O) groups excluding carboxylic acids is 1. The molecular formula is C16H23BrClN3O2. The van der Waals surface area contributed by atoms with Crippen molar-refractivity contribution in [3.63, 3.8) is 0 Å². The van der Waals surface area contributed by atoms with Gasteiger partial charge in [-0.1, -0.05) is 15.9 Å². The highest BCUT2D eigenvalue weighted by Gasteiger charge is 2.29. The van der Waals surface area contributed by atoms with Gasteiger partial charge < -0.3 is 15.0 Å². The van der Waals surface area contributed by atoms with E-state index in [-0.39, 0.29) is 18.3 Å². The number of ether oxygens (including phenoxy) is 1. The topological polar surface area (TPSA) is 44.8 Å². The lowest BCUT2D eigenvalue weighted by Crippen LogP contribution is -2.52. The first-order valence-corrected chi connectivity index (χ1v) is 8.56. The lowest BCUT2D eigenvalue weighted by Gasteiger charge is -2.37. The van der Waals surface area contributed by atoms with Crippen molar-refractivity contribution in [2.75, 3.05) is 46.4 Å². The average molecular weight is 405 g/mol. The number of rotatable bonds is 3. The molecule has 23 heavy (non-hydrogen) atoms. The molecule has 1 atom stereocenters. The third kappa shape index (κ3) is 4.18. The number of piperazine rings is 1. The van der Waals surface area contributed by atoms with Gasteiger partial charge in [-0.3, -0.25) is 9.69 Å². The van der Waals surface area contributed by atoms with Gasteiger partial charge in [-0.2, -0.15) is 0 Å². The van der Waals surface area contributed by atoms with Crippen molar-refractivity contribution in [3.05, 3.63) is 28.2 Å². The van der Waals surface area contributed by atoms with Gasteiger partial charge in [-0.15, -0.1) is 12.4 Å². The molecule has 1 aromatic carbocycles. The fraction of sp³-hybridized carbons (Fsp3) is 0.562.